The van der Waals surface area contributed by atoms with Gasteiger partial charge >= 0.3 is 0 Å². The smallest absolute Gasteiger partial charge is 0.0322 e. The minimum Gasteiger partial charge on any atom is -0.310 e. The maximum atomic E-state index is 3.66. The van der Waals surface area contributed by atoms with Crippen LogP contribution in [-0.2, 0) is 0 Å². The van der Waals surface area contributed by atoms with Crippen molar-refractivity contribution in [2.45, 2.75) is 45.6 Å². The summed E-state index contributed by atoms with van der Waals surface area (Å²) >= 11 is 0. The Morgan fingerprint density at radius 1 is 1.13 bits per heavy atom. The third kappa shape index (κ3) is 2.60. The Balaban J connectivity index is 2.19. The first-order valence-corrected chi connectivity index (χ1v) is 6.08. The topological polar surface area (TPSA) is 12.0 Å². The molecule has 0 spiro atoms. The number of aryl methyl sites for hydroxylation is 2. The summed E-state index contributed by atoms with van der Waals surface area (Å²) in [6.45, 7) is 5.57. The zero-order valence-electron chi connectivity index (χ0n) is 9.84. The first kappa shape index (κ1) is 10.7. The minimum atomic E-state index is 0.591. The lowest BCUT2D eigenvalue weighted by atomic mass is 9.96. The highest BCUT2D eigenvalue weighted by atomic mass is 14.9. The second-order valence-electron chi connectivity index (χ2n) is 4.72. The number of hydrogen-bond acceptors (Lipinski definition) is 1. The lowest BCUT2D eigenvalue weighted by molar-refractivity contribution is 0.532. The van der Waals surface area contributed by atoms with Gasteiger partial charge in [0.05, 0.1) is 0 Å². The van der Waals surface area contributed by atoms with Crippen molar-refractivity contribution in [3.63, 3.8) is 0 Å². The monoisotopic (exact) mass is 203 g/mol. The molecule has 2 rings (SSSR count). The average Bonchev–Trinajstić information content (AvgIpc) is 2.46. The fourth-order valence-corrected chi connectivity index (χ4v) is 2.51. The minimum absolute atomic E-state index is 0.591. The van der Waals surface area contributed by atoms with Crippen molar-refractivity contribution in [2.75, 3.05) is 6.54 Å². The Labute approximate surface area is 92.9 Å². The molecular formula is C14H21N. The summed E-state index contributed by atoms with van der Waals surface area (Å²) in [6, 6.07) is 7.41. The van der Waals surface area contributed by atoms with Gasteiger partial charge in [-0.1, -0.05) is 36.6 Å². The predicted molar refractivity (Wildman–Crippen MR) is 65.1 cm³/mol. The van der Waals surface area contributed by atoms with E-state index in [2.05, 4.69) is 37.4 Å². The second-order valence-corrected chi connectivity index (χ2v) is 4.72. The Kier molecular flexibility index (Phi) is 3.42. The molecule has 1 heterocycles. The third-order valence-corrected chi connectivity index (χ3v) is 3.36. The van der Waals surface area contributed by atoms with Crippen LogP contribution in [0.1, 0.15) is 48.4 Å². The molecule has 0 amide bonds. The van der Waals surface area contributed by atoms with Gasteiger partial charge < -0.3 is 5.32 Å². The number of benzene rings is 1. The van der Waals surface area contributed by atoms with E-state index in [1.807, 2.05) is 0 Å². The number of rotatable bonds is 1. The summed E-state index contributed by atoms with van der Waals surface area (Å²) in [4.78, 5) is 0. The quantitative estimate of drug-likeness (QED) is 0.736. The van der Waals surface area contributed by atoms with Gasteiger partial charge in [0, 0.05) is 6.04 Å². The first-order chi connectivity index (χ1) is 7.27. The van der Waals surface area contributed by atoms with Crippen LogP contribution in [0, 0.1) is 13.8 Å². The lowest BCUT2D eigenvalue weighted by Crippen LogP contribution is -2.21. The van der Waals surface area contributed by atoms with Gasteiger partial charge in [-0.05, 0) is 44.4 Å². The highest BCUT2D eigenvalue weighted by Gasteiger charge is 2.14. The molecule has 1 saturated heterocycles. The number of nitrogens with one attached hydrogen (secondary N) is 1. The van der Waals surface area contributed by atoms with E-state index in [-0.39, 0.29) is 0 Å². The van der Waals surface area contributed by atoms with Gasteiger partial charge in [-0.25, -0.2) is 0 Å². The molecule has 0 saturated carbocycles. The standard InChI is InChI=1S/C14H21N/c1-11-7-8-13(12(2)10-11)14-6-4-3-5-9-15-14/h7-8,10,14-15H,3-6,9H2,1-2H3/t14-/m0/s1. The van der Waals surface area contributed by atoms with Crippen LogP contribution in [-0.4, -0.2) is 6.54 Å². The Hall–Kier alpha value is -0.820. The summed E-state index contributed by atoms with van der Waals surface area (Å²) < 4.78 is 0. The first-order valence-electron chi connectivity index (χ1n) is 6.08. The van der Waals surface area contributed by atoms with Gasteiger partial charge in [0.15, 0.2) is 0 Å². The van der Waals surface area contributed by atoms with Gasteiger partial charge in [-0.15, -0.1) is 0 Å². The van der Waals surface area contributed by atoms with Crippen LogP contribution in [0.3, 0.4) is 0 Å². The fourth-order valence-electron chi connectivity index (χ4n) is 2.51. The average molecular weight is 203 g/mol. The van der Waals surface area contributed by atoms with Crippen LogP contribution in [0.15, 0.2) is 18.2 Å². The van der Waals surface area contributed by atoms with Crippen molar-refractivity contribution >= 4 is 0 Å². The molecule has 1 aromatic rings. The molecule has 0 radical (unpaired) electrons. The van der Waals surface area contributed by atoms with Gasteiger partial charge in [0.25, 0.3) is 0 Å². The van der Waals surface area contributed by atoms with Crippen molar-refractivity contribution in [3.05, 3.63) is 34.9 Å². The van der Waals surface area contributed by atoms with E-state index in [0.29, 0.717) is 6.04 Å². The molecule has 0 unspecified atom stereocenters. The van der Waals surface area contributed by atoms with E-state index in [0.717, 1.165) is 0 Å². The largest absolute Gasteiger partial charge is 0.310 e. The number of hydrogen-bond donors (Lipinski definition) is 1. The molecule has 1 aromatic carbocycles. The molecule has 1 fully saturated rings. The molecule has 0 aliphatic carbocycles. The summed E-state index contributed by atoms with van der Waals surface area (Å²) in [5.74, 6) is 0. The van der Waals surface area contributed by atoms with Crippen molar-refractivity contribution in [3.8, 4) is 0 Å². The molecule has 82 valence electrons. The van der Waals surface area contributed by atoms with E-state index in [9.17, 15) is 0 Å². The third-order valence-electron chi connectivity index (χ3n) is 3.36. The molecule has 0 bridgehead atoms. The van der Waals surface area contributed by atoms with Gasteiger partial charge in [0.2, 0.25) is 0 Å². The summed E-state index contributed by atoms with van der Waals surface area (Å²) in [6.07, 6.45) is 5.38. The Bertz CT molecular complexity index is 322. The van der Waals surface area contributed by atoms with Crippen LogP contribution >= 0.6 is 0 Å². The van der Waals surface area contributed by atoms with Crippen LogP contribution in [0.25, 0.3) is 0 Å². The molecule has 1 N–H and O–H groups in total. The van der Waals surface area contributed by atoms with Gasteiger partial charge in [-0.2, -0.15) is 0 Å². The van der Waals surface area contributed by atoms with E-state index >= 15 is 0 Å². The zero-order chi connectivity index (χ0) is 10.7. The van der Waals surface area contributed by atoms with Crippen molar-refractivity contribution in [1.82, 2.24) is 5.32 Å². The van der Waals surface area contributed by atoms with Crippen molar-refractivity contribution < 1.29 is 0 Å². The van der Waals surface area contributed by atoms with Gasteiger partial charge in [0.1, 0.15) is 0 Å². The fraction of sp³-hybridized carbons (Fsp3) is 0.571. The lowest BCUT2D eigenvalue weighted by Gasteiger charge is -2.18. The maximum Gasteiger partial charge on any atom is 0.0322 e. The van der Waals surface area contributed by atoms with Crippen LogP contribution in [0.5, 0.6) is 0 Å². The SMILES string of the molecule is Cc1ccc([C@@H]2CCCCCN2)c(C)c1. The van der Waals surface area contributed by atoms with Gasteiger partial charge in [-0.3, -0.25) is 0 Å². The molecule has 1 nitrogen and oxygen atoms in total. The molecule has 1 heteroatoms. The van der Waals surface area contributed by atoms with Crippen LogP contribution in [0.2, 0.25) is 0 Å². The Morgan fingerprint density at radius 3 is 2.80 bits per heavy atom. The van der Waals surface area contributed by atoms with E-state index in [4.69, 9.17) is 0 Å². The highest BCUT2D eigenvalue weighted by Crippen LogP contribution is 2.25. The zero-order valence-corrected chi connectivity index (χ0v) is 9.84. The van der Waals surface area contributed by atoms with Crippen molar-refractivity contribution in [1.29, 1.82) is 0 Å². The van der Waals surface area contributed by atoms with Crippen LogP contribution < -0.4 is 5.32 Å². The summed E-state index contributed by atoms with van der Waals surface area (Å²) in [5.41, 5.74) is 4.31. The maximum absolute atomic E-state index is 3.66. The van der Waals surface area contributed by atoms with E-state index in [1.54, 1.807) is 0 Å². The molecule has 1 aliphatic heterocycles. The Morgan fingerprint density at radius 2 is 2.00 bits per heavy atom. The summed E-state index contributed by atoms with van der Waals surface area (Å²) in [5, 5.41) is 3.66. The molecular weight excluding hydrogens is 182 g/mol. The molecule has 15 heavy (non-hydrogen) atoms. The molecule has 0 aromatic heterocycles. The van der Waals surface area contributed by atoms with Crippen LogP contribution in [0.4, 0.5) is 0 Å². The molecule has 1 atom stereocenters. The van der Waals surface area contributed by atoms with Crippen molar-refractivity contribution in [2.24, 2.45) is 0 Å². The van der Waals surface area contributed by atoms with E-state index < -0.39 is 0 Å². The highest BCUT2D eigenvalue weighted by molar-refractivity contribution is 5.32. The van der Waals surface area contributed by atoms with E-state index in [1.165, 1.54) is 48.9 Å². The normalized spacial score (nSPS) is 22.4. The second kappa shape index (κ2) is 4.80. The summed E-state index contributed by atoms with van der Waals surface area (Å²) in [7, 11) is 0. The predicted octanol–water partition coefficient (Wildman–Crippen LogP) is 3.51. The molecule has 1 aliphatic rings.